The van der Waals surface area contributed by atoms with Crippen molar-refractivity contribution >= 4 is 58.3 Å². The number of thiocarbonyl (C=S) groups is 2. The minimum Gasteiger partial charge on any atom is -0.302 e. The van der Waals surface area contributed by atoms with E-state index < -0.39 is 41.4 Å². The maximum Gasteiger partial charge on any atom is 0.239 e. The second-order valence-electron chi connectivity index (χ2n) is 5.38. The summed E-state index contributed by atoms with van der Waals surface area (Å²) in [5.74, 6) is -6.56. The van der Waals surface area contributed by atoms with Crippen molar-refractivity contribution in [3.8, 4) is 0 Å². The van der Waals surface area contributed by atoms with Gasteiger partial charge in [-0.05, 0) is 36.1 Å². The molecule has 0 saturated carbocycles. The van der Waals surface area contributed by atoms with Crippen molar-refractivity contribution in [2.24, 2.45) is 11.8 Å². The third-order valence-corrected chi connectivity index (χ3v) is 4.27. The fourth-order valence-electron chi connectivity index (χ4n) is 2.86. The van der Waals surface area contributed by atoms with Gasteiger partial charge in [-0.1, -0.05) is 6.07 Å². The topological polar surface area (TPSA) is 129 Å². The highest BCUT2D eigenvalue weighted by atomic mass is 32.1. The molecule has 11 heteroatoms. The van der Waals surface area contributed by atoms with Gasteiger partial charge in [0.1, 0.15) is 11.8 Å². The van der Waals surface area contributed by atoms with Crippen LogP contribution < -0.4 is 21.3 Å². The minimum atomic E-state index is -1.34. The minimum absolute atomic E-state index is 0.130. The zero-order valence-electron chi connectivity index (χ0n) is 12.4. The van der Waals surface area contributed by atoms with Crippen molar-refractivity contribution in [2.45, 2.75) is 5.92 Å². The van der Waals surface area contributed by atoms with Gasteiger partial charge in [-0.15, -0.1) is 0 Å². The van der Waals surface area contributed by atoms with E-state index in [2.05, 4.69) is 26.3 Å². The SMILES string of the molecule is O=C1NC(=S)NC(=O)C1C(c1cccnc1)C1C(=O)NC(=S)NC1=O. The first kappa shape index (κ1) is 17.0. The molecule has 0 atom stereocenters. The Bertz CT molecular complexity index is 725. The molecule has 1 aromatic rings. The lowest BCUT2D eigenvalue weighted by molar-refractivity contribution is -0.140. The smallest absolute Gasteiger partial charge is 0.239 e. The highest BCUT2D eigenvalue weighted by Crippen LogP contribution is 2.34. The number of nitrogens with zero attached hydrogens (tertiary/aromatic N) is 1. The van der Waals surface area contributed by atoms with Gasteiger partial charge in [-0.25, -0.2) is 0 Å². The Kier molecular flexibility index (Phi) is 4.51. The molecule has 0 unspecified atom stereocenters. The summed E-state index contributed by atoms with van der Waals surface area (Å²) in [6.07, 6.45) is 2.89. The van der Waals surface area contributed by atoms with Crippen molar-refractivity contribution in [1.82, 2.24) is 26.3 Å². The van der Waals surface area contributed by atoms with Gasteiger partial charge in [0.2, 0.25) is 23.6 Å². The van der Waals surface area contributed by atoms with Gasteiger partial charge in [-0.3, -0.25) is 24.2 Å². The van der Waals surface area contributed by atoms with Crippen LogP contribution >= 0.6 is 24.4 Å². The van der Waals surface area contributed by atoms with E-state index in [4.69, 9.17) is 24.4 Å². The molecule has 0 radical (unpaired) electrons. The van der Waals surface area contributed by atoms with Gasteiger partial charge in [0.25, 0.3) is 0 Å². The summed E-state index contributed by atoms with van der Waals surface area (Å²) in [6, 6.07) is 3.16. The Labute approximate surface area is 151 Å². The largest absolute Gasteiger partial charge is 0.302 e. The molecule has 0 aliphatic carbocycles. The van der Waals surface area contributed by atoms with E-state index in [1.54, 1.807) is 12.1 Å². The average molecular weight is 377 g/mol. The molecule has 25 heavy (non-hydrogen) atoms. The van der Waals surface area contributed by atoms with Gasteiger partial charge in [-0.2, -0.15) is 0 Å². The van der Waals surface area contributed by atoms with Crippen LogP contribution in [0.4, 0.5) is 0 Å². The number of amides is 4. The van der Waals surface area contributed by atoms with Gasteiger partial charge in [0.15, 0.2) is 10.2 Å². The second kappa shape index (κ2) is 6.61. The monoisotopic (exact) mass is 377 g/mol. The first-order valence-electron chi connectivity index (χ1n) is 7.10. The molecular weight excluding hydrogens is 366 g/mol. The van der Waals surface area contributed by atoms with Gasteiger partial charge < -0.3 is 21.3 Å². The lowest BCUT2D eigenvalue weighted by atomic mass is 9.74. The van der Waals surface area contributed by atoms with Crippen LogP contribution in [-0.2, 0) is 19.2 Å². The second-order valence-corrected chi connectivity index (χ2v) is 6.20. The maximum atomic E-state index is 12.4. The third kappa shape index (κ3) is 3.23. The summed E-state index contributed by atoms with van der Waals surface area (Å²) in [6.45, 7) is 0. The number of pyridine rings is 1. The van der Waals surface area contributed by atoms with Crippen molar-refractivity contribution in [1.29, 1.82) is 0 Å². The number of carbonyl (C=O) groups is 4. The van der Waals surface area contributed by atoms with Gasteiger partial charge in [0, 0.05) is 18.3 Å². The van der Waals surface area contributed by atoms with E-state index in [-0.39, 0.29) is 10.2 Å². The Morgan fingerprint density at radius 3 is 1.64 bits per heavy atom. The highest BCUT2D eigenvalue weighted by Gasteiger charge is 2.49. The van der Waals surface area contributed by atoms with E-state index >= 15 is 0 Å². The van der Waals surface area contributed by atoms with Crippen LogP contribution in [0.1, 0.15) is 11.5 Å². The van der Waals surface area contributed by atoms with E-state index in [1.807, 2.05) is 0 Å². The van der Waals surface area contributed by atoms with E-state index in [1.165, 1.54) is 12.4 Å². The summed E-state index contributed by atoms with van der Waals surface area (Å²) < 4.78 is 0. The zero-order valence-corrected chi connectivity index (χ0v) is 14.1. The van der Waals surface area contributed by atoms with Crippen molar-refractivity contribution in [3.63, 3.8) is 0 Å². The molecule has 128 valence electrons. The molecule has 2 aliphatic rings. The third-order valence-electron chi connectivity index (χ3n) is 3.86. The molecule has 4 amide bonds. The first-order chi connectivity index (χ1) is 11.9. The molecule has 1 aromatic heterocycles. The maximum absolute atomic E-state index is 12.4. The lowest BCUT2D eigenvalue weighted by Crippen LogP contribution is -2.62. The summed E-state index contributed by atoms with van der Waals surface area (Å²) in [5.41, 5.74) is 0.383. The lowest BCUT2D eigenvalue weighted by Gasteiger charge is -2.35. The predicted octanol–water partition coefficient (Wildman–Crippen LogP) is -1.54. The molecule has 3 rings (SSSR count). The summed E-state index contributed by atoms with van der Waals surface area (Å²) >= 11 is 9.56. The number of hydrogen-bond donors (Lipinski definition) is 4. The van der Waals surface area contributed by atoms with Crippen LogP contribution in [0.5, 0.6) is 0 Å². The van der Waals surface area contributed by atoms with Crippen molar-refractivity contribution in [2.75, 3.05) is 0 Å². The molecule has 2 saturated heterocycles. The van der Waals surface area contributed by atoms with Crippen LogP contribution in [0.3, 0.4) is 0 Å². The summed E-state index contributed by atoms with van der Waals surface area (Å²) in [7, 11) is 0. The number of aromatic nitrogens is 1. The molecule has 4 N–H and O–H groups in total. The number of carbonyl (C=O) groups excluding carboxylic acids is 4. The Balaban J connectivity index is 2.08. The van der Waals surface area contributed by atoms with E-state index in [0.717, 1.165) is 0 Å². The molecule has 0 spiro atoms. The van der Waals surface area contributed by atoms with E-state index in [0.29, 0.717) is 5.56 Å². The molecule has 2 aliphatic heterocycles. The fraction of sp³-hybridized carbons (Fsp3) is 0.214. The molecular formula is C14H11N5O4S2. The number of hydrogen-bond acceptors (Lipinski definition) is 7. The summed E-state index contributed by atoms with van der Waals surface area (Å²) in [4.78, 5) is 53.5. The number of rotatable bonds is 3. The van der Waals surface area contributed by atoms with Crippen LogP contribution in [0.25, 0.3) is 0 Å². The fourth-order valence-corrected chi connectivity index (χ4v) is 3.26. The van der Waals surface area contributed by atoms with Gasteiger partial charge in [0.05, 0.1) is 0 Å². The molecule has 0 aromatic carbocycles. The molecule has 2 fully saturated rings. The quantitative estimate of drug-likeness (QED) is 0.371. The van der Waals surface area contributed by atoms with Crippen LogP contribution in [-0.4, -0.2) is 38.8 Å². The standard InChI is InChI=1S/C14H11N5O4S2/c20-9-7(10(21)17-13(24)16-9)6(5-2-1-3-15-4-5)8-11(22)18-14(25)19-12(8)23/h1-4,6-8H,(H2,16,17,20,21,24)(H2,18,19,22,23,25). The zero-order chi connectivity index (χ0) is 18.1. The van der Waals surface area contributed by atoms with Crippen LogP contribution in [0.15, 0.2) is 24.5 Å². The Hall–Kier alpha value is -2.79. The van der Waals surface area contributed by atoms with Crippen molar-refractivity contribution < 1.29 is 19.2 Å². The molecule has 9 nitrogen and oxygen atoms in total. The number of nitrogens with one attached hydrogen (secondary N) is 4. The average Bonchev–Trinajstić information content (AvgIpc) is 2.52. The Morgan fingerprint density at radius 1 is 0.840 bits per heavy atom. The van der Waals surface area contributed by atoms with Crippen LogP contribution in [0.2, 0.25) is 0 Å². The highest BCUT2D eigenvalue weighted by molar-refractivity contribution is 7.80. The van der Waals surface area contributed by atoms with E-state index in [9.17, 15) is 19.2 Å². The Morgan fingerprint density at radius 2 is 1.28 bits per heavy atom. The van der Waals surface area contributed by atoms with Gasteiger partial charge >= 0.3 is 0 Å². The van der Waals surface area contributed by atoms with Crippen LogP contribution in [0, 0.1) is 11.8 Å². The normalized spacial score (nSPS) is 19.4. The molecule has 3 heterocycles. The molecule has 0 bridgehead atoms. The van der Waals surface area contributed by atoms with Crippen molar-refractivity contribution in [3.05, 3.63) is 30.1 Å². The first-order valence-corrected chi connectivity index (χ1v) is 7.91. The predicted molar refractivity (Wildman–Crippen MR) is 91.7 cm³/mol. The summed E-state index contributed by atoms with van der Waals surface area (Å²) in [5, 5.41) is 9.09.